The third kappa shape index (κ3) is 3.93. The second kappa shape index (κ2) is 7.01. The van der Waals surface area contributed by atoms with Gasteiger partial charge < -0.3 is 0 Å². The molecule has 0 bridgehead atoms. The van der Waals surface area contributed by atoms with Gasteiger partial charge >= 0.3 is 5.92 Å². The summed E-state index contributed by atoms with van der Waals surface area (Å²) in [7, 11) is 0. The van der Waals surface area contributed by atoms with Crippen LogP contribution in [0.3, 0.4) is 0 Å². The molecule has 23 heavy (non-hydrogen) atoms. The van der Waals surface area contributed by atoms with E-state index in [4.69, 9.17) is 0 Å². The minimum atomic E-state index is -3.38. The van der Waals surface area contributed by atoms with Crippen molar-refractivity contribution in [1.82, 2.24) is 9.88 Å². The number of hydrogen-bond acceptors (Lipinski definition) is 3. The fourth-order valence-corrected chi connectivity index (χ4v) is 3.58. The molecule has 0 atom stereocenters. The first-order valence-electron chi connectivity index (χ1n) is 7.66. The molecule has 1 aromatic heterocycles. The number of piperidine rings is 1. The summed E-state index contributed by atoms with van der Waals surface area (Å²) in [5, 5.41) is 4.06. The normalized spacial score (nSPS) is 17.5. The van der Waals surface area contributed by atoms with Crippen molar-refractivity contribution in [2.24, 2.45) is 0 Å². The maximum atomic E-state index is 13.3. The Bertz CT molecular complexity index is 605. The lowest BCUT2D eigenvalue weighted by Crippen LogP contribution is -2.32. The Morgan fingerprint density at radius 3 is 2.48 bits per heavy atom. The van der Waals surface area contributed by atoms with E-state index in [2.05, 4.69) is 15.3 Å². The second-order valence-corrected chi connectivity index (χ2v) is 6.79. The fraction of sp³-hybridized carbons (Fsp3) is 0.471. The minimum Gasteiger partial charge on any atom is -0.297 e. The van der Waals surface area contributed by atoms with Gasteiger partial charge in [-0.1, -0.05) is 24.3 Å². The van der Waals surface area contributed by atoms with Crippen molar-refractivity contribution < 1.29 is 13.2 Å². The zero-order valence-corrected chi connectivity index (χ0v) is 13.5. The van der Waals surface area contributed by atoms with Crippen LogP contribution >= 0.6 is 11.3 Å². The minimum absolute atomic E-state index is 0.249. The summed E-state index contributed by atoms with van der Waals surface area (Å²) in [4.78, 5) is 6.60. The highest BCUT2D eigenvalue weighted by Crippen LogP contribution is 2.32. The number of rotatable bonds is 5. The molecule has 6 heteroatoms. The standard InChI is InChI=1S/C17H18F3N2S/c18-12-17(19,20)15-3-1-13(2-4-15)14-5-8-22(9-6-14)11-16-21-7-10-23-16/h1-4,7,14H,5-6,8-9,11-12H2. The number of aromatic nitrogens is 1. The summed E-state index contributed by atoms with van der Waals surface area (Å²) in [5.74, 6) is -3.01. The highest BCUT2D eigenvalue weighted by Gasteiger charge is 2.31. The number of halogens is 3. The van der Waals surface area contributed by atoms with Gasteiger partial charge in [-0.25, -0.2) is 9.37 Å². The molecule has 2 heterocycles. The summed E-state index contributed by atoms with van der Waals surface area (Å²) in [6.45, 7) is 1.13. The number of alkyl halides is 3. The Morgan fingerprint density at radius 1 is 1.22 bits per heavy atom. The lowest BCUT2D eigenvalue weighted by atomic mass is 9.88. The van der Waals surface area contributed by atoms with Crippen LogP contribution in [0.4, 0.5) is 13.2 Å². The van der Waals surface area contributed by atoms with Gasteiger partial charge in [-0.15, -0.1) is 11.3 Å². The van der Waals surface area contributed by atoms with Crippen LogP contribution in [0.5, 0.6) is 0 Å². The molecule has 1 aliphatic rings. The van der Waals surface area contributed by atoms with Crippen LogP contribution in [0.15, 0.2) is 30.5 Å². The average molecular weight is 339 g/mol. The molecule has 3 rings (SSSR count). The molecule has 0 amide bonds. The highest BCUT2D eigenvalue weighted by molar-refractivity contribution is 7.09. The number of benzene rings is 1. The zero-order chi connectivity index (χ0) is 16.3. The van der Waals surface area contributed by atoms with Crippen LogP contribution in [0.2, 0.25) is 0 Å². The topological polar surface area (TPSA) is 16.1 Å². The molecule has 1 saturated heterocycles. The molecule has 0 aliphatic carbocycles. The Kier molecular flexibility index (Phi) is 5.02. The molecule has 1 aromatic carbocycles. The largest absolute Gasteiger partial charge is 0.301 e. The van der Waals surface area contributed by atoms with Crippen LogP contribution in [0.1, 0.15) is 34.9 Å². The van der Waals surface area contributed by atoms with E-state index in [0.29, 0.717) is 5.92 Å². The summed E-state index contributed by atoms with van der Waals surface area (Å²) in [6, 6.07) is 6.14. The molecule has 0 spiro atoms. The summed E-state index contributed by atoms with van der Waals surface area (Å²) >= 11 is 1.54. The van der Waals surface area contributed by atoms with Gasteiger partial charge in [0.15, 0.2) is 6.67 Å². The van der Waals surface area contributed by atoms with Gasteiger partial charge in [0.25, 0.3) is 0 Å². The van der Waals surface area contributed by atoms with E-state index >= 15 is 0 Å². The molecule has 0 unspecified atom stereocenters. The molecule has 0 N–H and O–H groups in total. The van der Waals surface area contributed by atoms with E-state index in [9.17, 15) is 13.2 Å². The van der Waals surface area contributed by atoms with Gasteiger partial charge in [0.05, 0.1) is 11.9 Å². The quantitative estimate of drug-likeness (QED) is 0.803. The predicted molar refractivity (Wildman–Crippen MR) is 84.5 cm³/mol. The lowest BCUT2D eigenvalue weighted by molar-refractivity contribution is -0.0281. The van der Waals surface area contributed by atoms with E-state index in [1.54, 1.807) is 29.7 Å². The Labute approximate surface area is 138 Å². The van der Waals surface area contributed by atoms with Crippen molar-refractivity contribution in [3.8, 4) is 0 Å². The molecule has 1 radical (unpaired) electrons. The lowest BCUT2D eigenvalue weighted by Gasteiger charge is -2.31. The highest BCUT2D eigenvalue weighted by atomic mass is 32.1. The first-order valence-corrected chi connectivity index (χ1v) is 8.47. The van der Waals surface area contributed by atoms with Gasteiger partial charge in [-0.05, 0) is 37.4 Å². The third-order valence-corrected chi connectivity index (χ3v) is 5.05. The van der Waals surface area contributed by atoms with Gasteiger partial charge in [0, 0.05) is 11.8 Å². The van der Waals surface area contributed by atoms with Crippen LogP contribution in [0, 0.1) is 5.38 Å². The molecule has 123 valence electrons. The summed E-state index contributed by atoms with van der Waals surface area (Å²) in [6.07, 6.45) is 3.68. The van der Waals surface area contributed by atoms with Gasteiger partial charge in [0.2, 0.25) is 0 Å². The molecular weight excluding hydrogens is 321 g/mol. The van der Waals surface area contributed by atoms with E-state index in [0.717, 1.165) is 43.0 Å². The predicted octanol–water partition coefficient (Wildman–Crippen LogP) is 4.38. The van der Waals surface area contributed by atoms with Gasteiger partial charge in [0.1, 0.15) is 5.01 Å². The molecule has 1 fully saturated rings. The van der Waals surface area contributed by atoms with Gasteiger partial charge in [-0.3, -0.25) is 4.90 Å². The SMILES string of the molecule is FCC(F)(F)c1ccc(C2CCN(Cc3nc[c]s3)CC2)cc1. The number of likely N-dealkylation sites (tertiary alicyclic amines) is 1. The van der Waals surface area contributed by atoms with E-state index in [1.165, 1.54) is 12.1 Å². The molecule has 2 aromatic rings. The smallest absolute Gasteiger partial charge is 0.297 e. The summed E-state index contributed by atoms with van der Waals surface area (Å²) < 4.78 is 39.0. The van der Waals surface area contributed by atoms with Crippen molar-refractivity contribution in [2.75, 3.05) is 19.8 Å². The van der Waals surface area contributed by atoms with E-state index < -0.39 is 12.6 Å². The number of hydrogen-bond donors (Lipinski definition) is 0. The van der Waals surface area contributed by atoms with Crippen LogP contribution in [-0.4, -0.2) is 29.6 Å². The number of thiazole rings is 1. The Morgan fingerprint density at radius 2 is 1.91 bits per heavy atom. The zero-order valence-electron chi connectivity index (χ0n) is 12.6. The molecule has 2 nitrogen and oxygen atoms in total. The first-order chi connectivity index (χ1) is 11.1. The van der Waals surface area contributed by atoms with E-state index in [-0.39, 0.29) is 5.56 Å². The van der Waals surface area contributed by atoms with E-state index in [1.807, 2.05) is 0 Å². The third-order valence-electron chi connectivity index (χ3n) is 4.36. The van der Waals surface area contributed by atoms with Crippen LogP contribution in [-0.2, 0) is 12.5 Å². The molecular formula is C17H18F3N2S. The first kappa shape index (κ1) is 16.5. The van der Waals surface area contributed by atoms with Crippen molar-refractivity contribution in [3.05, 3.63) is 52.0 Å². The number of nitrogens with zero attached hydrogens (tertiary/aromatic N) is 2. The Hall–Kier alpha value is -1.40. The van der Waals surface area contributed by atoms with Crippen LogP contribution in [0.25, 0.3) is 0 Å². The monoisotopic (exact) mass is 339 g/mol. The van der Waals surface area contributed by atoms with Gasteiger partial charge in [-0.2, -0.15) is 8.78 Å². The Balaban J connectivity index is 1.57. The molecule has 1 aliphatic heterocycles. The van der Waals surface area contributed by atoms with Crippen molar-refractivity contribution >= 4 is 11.3 Å². The maximum Gasteiger partial charge on any atom is 0.301 e. The van der Waals surface area contributed by atoms with Crippen molar-refractivity contribution in [3.63, 3.8) is 0 Å². The maximum absolute atomic E-state index is 13.3. The van der Waals surface area contributed by atoms with Crippen LogP contribution < -0.4 is 0 Å². The fourth-order valence-electron chi connectivity index (χ4n) is 2.98. The summed E-state index contributed by atoms with van der Waals surface area (Å²) in [5.41, 5.74) is 0.812. The second-order valence-electron chi connectivity index (χ2n) is 5.88. The molecule has 0 saturated carbocycles. The van der Waals surface area contributed by atoms with Crippen molar-refractivity contribution in [2.45, 2.75) is 31.2 Å². The van der Waals surface area contributed by atoms with Crippen molar-refractivity contribution in [1.29, 1.82) is 0 Å². The average Bonchev–Trinajstić information content (AvgIpc) is 3.09.